The highest BCUT2D eigenvalue weighted by Gasteiger charge is 2.19. The second-order valence-corrected chi connectivity index (χ2v) is 8.15. The molecule has 2 heterocycles. The third-order valence-corrected chi connectivity index (χ3v) is 6.09. The highest BCUT2D eigenvalue weighted by Crippen LogP contribution is 2.33. The van der Waals surface area contributed by atoms with E-state index in [1.807, 2.05) is 31.4 Å². The molecule has 2 aromatic heterocycles. The second-order valence-electron chi connectivity index (χ2n) is 5.26. The van der Waals surface area contributed by atoms with Gasteiger partial charge in [-0.2, -0.15) is 0 Å². The summed E-state index contributed by atoms with van der Waals surface area (Å²) in [6.45, 7) is 5.62. The minimum atomic E-state index is -0.0420. The van der Waals surface area contributed by atoms with Crippen molar-refractivity contribution in [1.29, 1.82) is 0 Å². The molecule has 24 heavy (non-hydrogen) atoms. The number of carbonyl (C=O) groups excluding carboxylic acids is 1. The summed E-state index contributed by atoms with van der Waals surface area (Å²) in [5.41, 5.74) is 5.77. The summed E-state index contributed by atoms with van der Waals surface area (Å²) in [5.74, 6) is 0.671. The van der Waals surface area contributed by atoms with Crippen LogP contribution in [0.2, 0.25) is 0 Å². The Labute approximate surface area is 152 Å². The molecule has 1 aromatic carbocycles. The van der Waals surface area contributed by atoms with Gasteiger partial charge in [-0.15, -0.1) is 21.5 Å². The average Bonchev–Trinajstić information content (AvgIpc) is 3.19. The molecule has 0 aliphatic heterocycles. The number of nitrogens with zero attached hydrogens (tertiary/aromatic N) is 4. The number of amides is 1. The third kappa shape index (κ3) is 3.82. The van der Waals surface area contributed by atoms with Crippen LogP contribution in [0.1, 0.15) is 23.7 Å². The first-order chi connectivity index (χ1) is 11.5. The SMILES string of the molecule is CC(=O)N(c1nc(CSc2nncs2)cs1)c1ccc(C)cc1C. The standard InChI is InChI=1S/C16H16N4OS3/c1-10-4-5-14(11(2)6-10)20(12(3)21)15-18-13(7-22-15)8-23-16-19-17-9-24-16/h4-7,9H,8H2,1-3H3. The Balaban J connectivity index is 1.83. The Kier molecular flexibility index (Phi) is 5.27. The smallest absolute Gasteiger partial charge is 0.230 e. The number of anilines is 2. The van der Waals surface area contributed by atoms with E-state index < -0.39 is 0 Å². The molecule has 0 saturated carbocycles. The monoisotopic (exact) mass is 376 g/mol. The van der Waals surface area contributed by atoms with Crippen molar-refractivity contribution in [2.45, 2.75) is 30.9 Å². The molecule has 0 atom stereocenters. The summed E-state index contributed by atoms with van der Waals surface area (Å²) < 4.78 is 0.919. The van der Waals surface area contributed by atoms with E-state index in [2.05, 4.69) is 21.2 Å². The fraction of sp³-hybridized carbons (Fsp3) is 0.250. The van der Waals surface area contributed by atoms with Crippen molar-refractivity contribution in [2.75, 3.05) is 4.90 Å². The predicted octanol–water partition coefficient (Wildman–Crippen LogP) is 4.59. The maximum Gasteiger partial charge on any atom is 0.230 e. The van der Waals surface area contributed by atoms with E-state index in [-0.39, 0.29) is 5.91 Å². The quantitative estimate of drug-likeness (QED) is 0.610. The van der Waals surface area contributed by atoms with Gasteiger partial charge in [0.25, 0.3) is 0 Å². The summed E-state index contributed by atoms with van der Waals surface area (Å²) in [7, 11) is 0. The Morgan fingerprint density at radius 3 is 2.79 bits per heavy atom. The summed E-state index contributed by atoms with van der Waals surface area (Å²) in [4.78, 5) is 18.5. The van der Waals surface area contributed by atoms with Gasteiger partial charge in [-0.3, -0.25) is 9.69 Å². The zero-order chi connectivity index (χ0) is 17.1. The molecule has 0 unspecified atom stereocenters. The molecule has 3 rings (SSSR count). The number of carbonyl (C=O) groups is 1. The maximum absolute atomic E-state index is 12.2. The first kappa shape index (κ1) is 17.1. The third-order valence-electron chi connectivity index (χ3n) is 3.32. The molecule has 5 nitrogen and oxygen atoms in total. The average molecular weight is 377 g/mol. The lowest BCUT2D eigenvalue weighted by Crippen LogP contribution is -2.23. The van der Waals surface area contributed by atoms with Crippen LogP contribution in [0.15, 0.2) is 33.4 Å². The van der Waals surface area contributed by atoms with Crippen LogP contribution in [0, 0.1) is 13.8 Å². The van der Waals surface area contributed by atoms with Gasteiger partial charge in [-0.1, -0.05) is 40.8 Å². The highest BCUT2D eigenvalue weighted by atomic mass is 32.2. The van der Waals surface area contributed by atoms with Crippen molar-refractivity contribution in [3.8, 4) is 0 Å². The zero-order valence-electron chi connectivity index (χ0n) is 13.5. The molecular weight excluding hydrogens is 360 g/mol. The van der Waals surface area contributed by atoms with Gasteiger partial charge in [0.2, 0.25) is 5.91 Å². The molecule has 0 N–H and O–H groups in total. The van der Waals surface area contributed by atoms with E-state index in [0.29, 0.717) is 10.9 Å². The van der Waals surface area contributed by atoms with E-state index in [1.165, 1.54) is 28.2 Å². The van der Waals surface area contributed by atoms with Crippen molar-refractivity contribution in [1.82, 2.24) is 15.2 Å². The second kappa shape index (κ2) is 7.42. The molecule has 0 spiro atoms. The van der Waals surface area contributed by atoms with Gasteiger partial charge in [0, 0.05) is 18.1 Å². The highest BCUT2D eigenvalue weighted by molar-refractivity contribution is 8.00. The fourth-order valence-electron chi connectivity index (χ4n) is 2.29. The van der Waals surface area contributed by atoms with Crippen LogP contribution >= 0.6 is 34.4 Å². The first-order valence-corrected chi connectivity index (χ1v) is 10.0. The minimum absolute atomic E-state index is 0.0420. The molecule has 8 heteroatoms. The number of hydrogen-bond donors (Lipinski definition) is 0. The Hall–Kier alpha value is -1.77. The molecule has 124 valence electrons. The Morgan fingerprint density at radius 2 is 2.12 bits per heavy atom. The Bertz CT molecular complexity index is 845. The number of benzene rings is 1. The van der Waals surface area contributed by atoms with Crippen LogP contribution in [0.4, 0.5) is 10.8 Å². The minimum Gasteiger partial charge on any atom is -0.274 e. The molecule has 0 aliphatic carbocycles. The fourth-order valence-corrected chi connectivity index (χ4v) is 4.66. The number of thiazole rings is 1. The molecule has 3 aromatic rings. The topological polar surface area (TPSA) is 59.0 Å². The van der Waals surface area contributed by atoms with E-state index in [4.69, 9.17) is 0 Å². The van der Waals surface area contributed by atoms with E-state index >= 15 is 0 Å². The van der Waals surface area contributed by atoms with Crippen LogP contribution in [-0.4, -0.2) is 21.1 Å². The molecular formula is C16H16N4OS3. The van der Waals surface area contributed by atoms with Crippen molar-refractivity contribution in [3.63, 3.8) is 0 Å². The normalized spacial score (nSPS) is 10.8. The first-order valence-electron chi connectivity index (χ1n) is 7.26. The summed E-state index contributed by atoms with van der Waals surface area (Å²) in [6, 6.07) is 6.06. The van der Waals surface area contributed by atoms with Gasteiger partial charge in [0.15, 0.2) is 9.47 Å². The van der Waals surface area contributed by atoms with E-state index in [9.17, 15) is 4.79 Å². The van der Waals surface area contributed by atoms with Crippen LogP contribution < -0.4 is 4.90 Å². The van der Waals surface area contributed by atoms with E-state index in [1.54, 1.807) is 29.1 Å². The number of aryl methyl sites for hydroxylation is 2. The van der Waals surface area contributed by atoms with Crippen molar-refractivity contribution in [2.24, 2.45) is 0 Å². The number of rotatable bonds is 5. The maximum atomic E-state index is 12.2. The molecule has 0 bridgehead atoms. The zero-order valence-corrected chi connectivity index (χ0v) is 16.0. The van der Waals surface area contributed by atoms with Crippen molar-refractivity contribution >= 4 is 51.2 Å². The lowest BCUT2D eigenvalue weighted by atomic mass is 10.1. The lowest BCUT2D eigenvalue weighted by Gasteiger charge is -2.20. The van der Waals surface area contributed by atoms with Gasteiger partial charge in [-0.25, -0.2) is 4.98 Å². The van der Waals surface area contributed by atoms with Gasteiger partial charge in [0.05, 0.1) is 11.4 Å². The molecule has 0 aliphatic rings. The number of aromatic nitrogens is 3. The number of thioether (sulfide) groups is 1. The van der Waals surface area contributed by atoms with Crippen LogP contribution in [0.3, 0.4) is 0 Å². The summed E-state index contributed by atoms with van der Waals surface area (Å²) in [6.07, 6.45) is 0. The van der Waals surface area contributed by atoms with Crippen molar-refractivity contribution < 1.29 is 4.79 Å². The summed E-state index contributed by atoms with van der Waals surface area (Å²) >= 11 is 4.59. The Morgan fingerprint density at radius 1 is 1.29 bits per heavy atom. The number of hydrogen-bond acceptors (Lipinski definition) is 7. The van der Waals surface area contributed by atoms with Crippen LogP contribution in [0.5, 0.6) is 0 Å². The summed E-state index contributed by atoms with van der Waals surface area (Å²) in [5, 5.41) is 10.5. The van der Waals surface area contributed by atoms with E-state index in [0.717, 1.165) is 21.3 Å². The van der Waals surface area contributed by atoms with Gasteiger partial charge >= 0.3 is 0 Å². The largest absolute Gasteiger partial charge is 0.274 e. The van der Waals surface area contributed by atoms with Gasteiger partial charge in [-0.05, 0) is 25.5 Å². The predicted molar refractivity (Wildman–Crippen MR) is 100 cm³/mol. The molecule has 0 fully saturated rings. The molecule has 0 saturated heterocycles. The van der Waals surface area contributed by atoms with Crippen LogP contribution in [-0.2, 0) is 10.5 Å². The molecule has 1 amide bonds. The van der Waals surface area contributed by atoms with Crippen molar-refractivity contribution in [3.05, 3.63) is 45.9 Å². The van der Waals surface area contributed by atoms with Gasteiger partial charge in [0.1, 0.15) is 5.51 Å². The lowest BCUT2D eigenvalue weighted by molar-refractivity contribution is -0.115. The van der Waals surface area contributed by atoms with Gasteiger partial charge < -0.3 is 0 Å². The van der Waals surface area contributed by atoms with Crippen LogP contribution in [0.25, 0.3) is 0 Å². The molecule has 0 radical (unpaired) electrons.